The number of primary sulfonamides is 1. The Balaban J connectivity index is 2.56. The van der Waals surface area contributed by atoms with Crippen LogP contribution < -0.4 is 5.14 Å². The highest BCUT2D eigenvalue weighted by Gasteiger charge is 2.40. The molecule has 132 valence electrons. The van der Waals surface area contributed by atoms with Gasteiger partial charge in [-0.25, -0.2) is 13.6 Å². The third kappa shape index (κ3) is 4.15. The second-order valence-electron chi connectivity index (χ2n) is 7.38. The van der Waals surface area contributed by atoms with Crippen LogP contribution in [0.4, 0.5) is 0 Å². The Morgan fingerprint density at radius 3 is 2.21 bits per heavy atom. The summed E-state index contributed by atoms with van der Waals surface area (Å²) >= 11 is 1.14. The zero-order valence-electron chi connectivity index (χ0n) is 14.7. The van der Waals surface area contributed by atoms with Crippen LogP contribution in [0.3, 0.4) is 0 Å². The summed E-state index contributed by atoms with van der Waals surface area (Å²) in [4.78, 5) is 0. The van der Waals surface area contributed by atoms with Crippen LogP contribution in [0, 0.1) is 0 Å². The fourth-order valence-corrected chi connectivity index (χ4v) is 5.20. The van der Waals surface area contributed by atoms with E-state index in [1.165, 1.54) is 0 Å². The lowest BCUT2D eigenvalue weighted by Gasteiger charge is -2.39. The Kier molecular flexibility index (Phi) is 5.42. The minimum atomic E-state index is -3.78. The molecular formula is C17H25NO3S2Si. The SMILES string of the molecule is CC(C)(C)[Si](C)(C)OC(c1ccccc1)c1ccsc1S(N)(=O)=O. The molecule has 0 spiro atoms. The summed E-state index contributed by atoms with van der Waals surface area (Å²) < 4.78 is 30.7. The van der Waals surface area contributed by atoms with Gasteiger partial charge in [-0.3, -0.25) is 0 Å². The highest BCUT2D eigenvalue weighted by Crippen LogP contribution is 2.43. The maximum Gasteiger partial charge on any atom is 0.247 e. The van der Waals surface area contributed by atoms with E-state index in [0.717, 1.165) is 16.9 Å². The molecule has 0 radical (unpaired) electrons. The van der Waals surface area contributed by atoms with Crippen LogP contribution in [0.25, 0.3) is 0 Å². The Labute approximate surface area is 149 Å². The van der Waals surface area contributed by atoms with E-state index in [1.807, 2.05) is 30.3 Å². The van der Waals surface area contributed by atoms with Crippen LogP contribution in [0.1, 0.15) is 38.0 Å². The molecule has 0 aliphatic carbocycles. The molecule has 1 aromatic heterocycles. The zero-order valence-corrected chi connectivity index (χ0v) is 17.4. The molecule has 1 unspecified atom stereocenters. The third-order valence-corrected chi connectivity index (χ3v) is 11.4. The first-order valence-corrected chi connectivity index (χ1v) is 13.1. The third-order valence-electron chi connectivity index (χ3n) is 4.52. The summed E-state index contributed by atoms with van der Waals surface area (Å²) in [6, 6.07) is 11.5. The summed E-state index contributed by atoms with van der Waals surface area (Å²) in [6.45, 7) is 10.8. The lowest BCUT2D eigenvalue weighted by Crippen LogP contribution is -2.42. The van der Waals surface area contributed by atoms with Crippen molar-refractivity contribution in [2.75, 3.05) is 0 Å². The van der Waals surface area contributed by atoms with Crippen LogP contribution in [0.15, 0.2) is 46.0 Å². The predicted octanol–water partition coefficient (Wildman–Crippen LogP) is 4.51. The second kappa shape index (κ2) is 6.72. The van der Waals surface area contributed by atoms with Gasteiger partial charge in [0.1, 0.15) is 4.21 Å². The van der Waals surface area contributed by atoms with Crippen molar-refractivity contribution in [2.24, 2.45) is 5.14 Å². The molecule has 4 nitrogen and oxygen atoms in total. The molecule has 0 aliphatic rings. The molecule has 0 saturated heterocycles. The fraction of sp³-hybridized carbons (Fsp3) is 0.412. The largest absolute Gasteiger partial charge is 0.406 e. The normalized spacial score (nSPS) is 14.6. The van der Waals surface area contributed by atoms with Crippen molar-refractivity contribution in [2.45, 2.75) is 49.2 Å². The van der Waals surface area contributed by atoms with Crippen LogP contribution >= 0.6 is 11.3 Å². The molecule has 0 bridgehead atoms. The van der Waals surface area contributed by atoms with Gasteiger partial charge in [0.2, 0.25) is 10.0 Å². The number of hydrogen-bond donors (Lipinski definition) is 1. The van der Waals surface area contributed by atoms with Gasteiger partial charge in [-0.15, -0.1) is 11.3 Å². The van der Waals surface area contributed by atoms with Crippen molar-refractivity contribution in [3.05, 3.63) is 52.9 Å². The van der Waals surface area contributed by atoms with Crippen molar-refractivity contribution in [3.63, 3.8) is 0 Å². The Morgan fingerprint density at radius 2 is 1.71 bits per heavy atom. The quantitative estimate of drug-likeness (QED) is 0.773. The van der Waals surface area contributed by atoms with Crippen molar-refractivity contribution >= 4 is 29.7 Å². The van der Waals surface area contributed by atoms with Gasteiger partial charge in [-0.05, 0) is 35.1 Å². The van der Waals surface area contributed by atoms with Crippen LogP contribution in [0.2, 0.25) is 18.1 Å². The molecule has 0 amide bonds. The van der Waals surface area contributed by atoms with Crippen molar-refractivity contribution in [1.82, 2.24) is 0 Å². The Morgan fingerprint density at radius 1 is 1.12 bits per heavy atom. The number of thiophene rings is 1. The standard InChI is InChI=1S/C17H25NO3S2Si/c1-17(2,3)24(4,5)21-15(13-9-7-6-8-10-13)14-11-12-22-16(14)23(18,19)20/h6-12,15H,1-5H3,(H2,18,19,20). The number of benzene rings is 1. The number of sulfonamides is 1. The van der Waals surface area contributed by atoms with Gasteiger partial charge < -0.3 is 4.43 Å². The lowest BCUT2D eigenvalue weighted by molar-refractivity contribution is 0.220. The van der Waals surface area contributed by atoms with E-state index in [-0.39, 0.29) is 9.25 Å². The molecule has 1 aromatic carbocycles. The second-order valence-corrected chi connectivity index (χ2v) is 14.8. The summed E-state index contributed by atoms with van der Waals surface area (Å²) in [6.07, 6.45) is -0.438. The average molecular weight is 384 g/mol. The van der Waals surface area contributed by atoms with Crippen LogP contribution in [-0.4, -0.2) is 16.7 Å². The van der Waals surface area contributed by atoms with E-state index in [4.69, 9.17) is 9.56 Å². The van der Waals surface area contributed by atoms with Gasteiger partial charge in [0, 0.05) is 5.56 Å². The molecule has 1 heterocycles. The van der Waals surface area contributed by atoms with E-state index in [0.29, 0.717) is 5.56 Å². The Bertz CT molecular complexity index is 793. The number of rotatable bonds is 5. The molecule has 24 heavy (non-hydrogen) atoms. The van der Waals surface area contributed by atoms with Crippen LogP contribution in [-0.2, 0) is 14.4 Å². The predicted molar refractivity (Wildman–Crippen MR) is 102 cm³/mol. The first-order chi connectivity index (χ1) is 10.9. The summed E-state index contributed by atoms with van der Waals surface area (Å²) in [5.41, 5.74) is 1.56. The van der Waals surface area contributed by atoms with Gasteiger partial charge in [-0.2, -0.15) is 0 Å². The molecule has 2 rings (SSSR count). The summed E-state index contributed by atoms with van der Waals surface area (Å²) in [7, 11) is -5.90. The molecule has 2 aromatic rings. The number of nitrogens with two attached hydrogens (primary N) is 1. The topological polar surface area (TPSA) is 69.4 Å². The van der Waals surface area contributed by atoms with Gasteiger partial charge in [-0.1, -0.05) is 51.1 Å². The van der Waals surface area contributed by atoms with Gasteiger partial charge >= 0.3 is 0 Å². The van der Waals surface area contributed by atoms with Crippen molar-refractivity contribution < 1.29 is 12.8 Å². The molecular weight excluding hydrogens is 358 g/mol. The summed E-state index contributed by atoms with van der Waals surface area (Å²) in [5.74, 6) is 0. The average Bonchev–Trinajstić information content (AvgIpc) is 2.94. The van der Waals surface area contributed by atoms with Gasteiger partial charge in [0.25, 0.3) is 0 Å². The lowest BCUT2D eigenvalue weighted by atomic mass is 10.0. The van der Waals surface area contributed by atoms with Crippen LogP contribution in [0.5, 0.6) is 0 Å². The van der Waals surface area contributed by atoms with Gasteiger partial charge in [0.05, 0.1) is 6.10 Å². The van der Waals surface area contributed by atoms with E-state index in [1.54, 1.807) is 11.4 Å². The smallest absolute Gasteiger partial charge is 0.247 e. The molecule has 0 saturated carbocycles. The number of hydrogen-bond acceptors (Lipinski definition) is 4. The maximum atomic E-state index is 12.0. The van der Waals surface area contributed by atoms with Crippen molar-refractivity contribution in [3.8, 4) is 0 Å². The highest BCUT2D eigenvalue weighted by atomic mass is 32.2. The first-order valence-electron chi connectivity index (χ1n) is 7.76. The van der Waals surface area contributed by atoms with E-state index >= 15 is 0 Å². The minimum Gasteiger partial charge on any atom is -0.406 e. The van der Waals surface area contributed by atoms with Gasteiger partial charge in [0.15, 0.2) is 8.32 Å². The van der Waals surface area contributed by atoms with E-state index in [9.17, 15) is 8.42 Å². The minimum absolute atomic E-state index is 0.0117. The monoisotopic (exact) mass is 383 g/mol. The molecule has 7 heteroatoms. The molecule has 0 fully saturated rings. The van der Waals surface area contributed by atoms with E-state index < -0.39 is 24.4 Å². The molecule has 0 aliphatic heterocycles. The molecule has 1 atom stereocenters. The maximum absolute atomic E-state index is 12.0. The molecule has 2 N–H and O–H groups in total. The zero-order chi connectivity index (χ0) is 18.2. The van der Waals surface area contributed by atoms with E-state index in [2.05, 4.69) is 33.9 Å². The Hall–Kier alpha value is -0.993. The fourth-order valence-electron chi connectivity index (χ4n) is 2.14. The summed E-state index contributed by atoms with van der Waals surface area (Å²) in [5, 5.41) is 7.17. The highest BCUT2D eigenvalue weighted by molar-refractivity contribution is 7.91. The van der Waals surface area contributed by atoms with Crippen molar-refractivity contribution in [1.29, 1.82) is 0 Å². The first kappa shape index (κ1) is 19.3.